The molecule has 1 heterocycles. The molecular formula is C17H28N+. The Bertz CT molecular complexity index is 355. The van der Waals surface area contributed by atoms with Gasteiger partial charge < -0.3 is 4.48 Å². The van der Waals surface area contributed by atoms with Gasteiger partial charge in [0.05, 0.1) is 25.2 Å². The Morgan fingerprint density at radius 1 is 1.00 bits per heavy atom. The molecule has 1 aliphatic rings. The average Bonchev–Trinajstić information content (AvgIpc) is 2.80. The van der Waals surface area contributed by atoms with E-state index in [1.807, 2.05) is 0 Å². The maximum absolute atomic E-state index is 2.42. The predicted octanol–water partition coefficient (Wildman–Crippen LogP) is 4.03. The summed E-state index contributed by atoms with van der Waals surface area (Å²) in [7, 11) is 0. The molecule has 0 atom stereocenters. The van der Waals surface area contributed by atoms with E-state index in [0.29, 0.717) is 5.54 Å². The molecule has 0 radical (unpaired) electrons. The fourth-order valence-electron chi connectivity index (χ4n) is 3.40. The first kappa shape index (κ1) is 13.6. The van der Waals surface area contributed by atoms with Crippen LogP contribution in [0.25, 0.3) is 0 Å². The predicted molar refractivity (Wildman–Crippen MR) is 78.6 cm³/mol. The van der Waals surface area contributed by atoms with Crippen LogP contribution in [0.15, 0.2) is 30.3 Å². The SMILES string of the molecule is CC(C)(C)[N+]1(CCCc2ccccc2)CCCC1. The lowest BCUT2D eigenvalue weighted by molar-refractivity contribution is -0.960. The molecule has 0 bridgehead atoms. The van der Waals surface area contributed by atoms with Crippen LogP contribution in [0.3, 0.4) is 0 Å². The van der Waals surface area contributed by atoms with Crippen molar-refractivity contribution in [3.05, 3.63) is 35.9 Å². The minimum Gasteiger partial charge on any atom is -0.319 e. The van der Waals surface area contributed by atoms with E-state index in [-0.39, 0.29) is 0 Å². The van der Waals surface area contributed by atoms with Gasteiger partial charge in [0.1, 0.15) is 0 Å². The Morgan fingerprint density at radius 3 is 2.17 bits per heavy atom. The molecule has 1 aromatic carbocycles. The Hall–Kier alpha value is -0.820. The third kappa shape index (κ3) is 2.95. The summed E-state index contributed by atoms with van der Waals surface area (Å²) in [6.45, 7) is 11.4. The lowest BCUT2D eigenvalue weighted by atomic mass is 10.0. The molecule has 1 heteroatoms. The summed E-state index contributed by atoms with van der Waals surface area (Å²) in [6.07, 6.45) is 5.39. The molecule has 1 aromatic rings. The molecule has 100 valence electrons. The molecule has 0 N–H and O–H groups in total. The van der Waals surface area contributed by atoms with Crippen molar-refractivity contribution in [2.45, 2.75) is 52.0 Å². The Balaban J connectivity index is 1.91. The molecule has 0 aromatic heterocycles. The summed E-state index contributed by atoms with van der Waals surface area (Å²) in [6, 6.07) is 10.9. The highest BCUT2D eigenvalue weighted by molar-refractivity contribution is 5.14. The van der Waals surface area contributed by atoms with Crippen molar-refractivity contribution in [3.8, 4) is 0 Å². The summed E-state index contributed by atoms with van der Waals surface area (Å²) < 4.78 is 1.33. The summed E-state index contributed by atoms with van der Waals surface area (Å²) in [5, 5.41) is 0. The van der Waals surface area contributed by atoms with Crippen LogP contribution < -0.4 is 0 Å². The van der Waals surface area contributed by atoms with Gasteiger partial charge in [-0.3, -0.25) is 0 Å². The molecule has 0 spiro atoms. The molecule has 0 unspecified atom stereocenters. The van der Waals surface area contributed by atoms with E-state index in [2.05, 4.69) is 51.1 Å². The maximum Gasteiger partial charge on any atom is 0.0907 e. The molecule has 1 saturated heterocycles. The van der Waals surface area contributed by atoms with Crippen LogP contribution in [-0.4, -0.2) is 29.7 Å². The molecule has 1 fully saturated rings. The van der Waals surface area contributed by atoms with Crippen LogP contribution in [0.2, 0.25) is 0 Å². The van der Waals surface area contributed by atoms with E-state index in [4.69, 9.17) is 0 Å². The minimum atomic E-state index is 0.410. The van der Waals surface area contributed by atoms with Crippen molar-refractivity contribution in [1.82, 2.24) is 0 Å². The quantitative estimate of drug-likeness (QED) is 0.704. The number of rotatable bonds is 4. The third-order valence-electron chi connectivity index (χ3n) is 4.74. The monoisotopic (exact) mass is 246 g/mol. The van der Waals surface area contributed by atoms with Gasteiger partial charge in [-0.1, -0.05) is 30.3 Å². The summed E-state index contributed by atoms with van der Waals surface area (Å²) >= 11 is 0. The molecule has 1 nitrogen and oxygen atoms in total. The van der Waals surface area contributed by atoms with Gasteiger partial charge in [-0.15, -0.1) is 0 Å². The van der Waals surface area contributed by atoms with Crippen LogP contribution in [0.1, 0.15) is 45.6 Å². The standard InChI is InChI=1S/C17H28N/c1-17(2,3)18(13-7-8-14-18)15-9-12-16-10-5-4-6-11-16/h4-6,10-11H,7-9,12-15H2,1-3H3/q+1. The fraction of sp³-hybridized carbons (Fsp3) is 0.647. The van der Waals surface area contributed by atoms with Crippen molar-refractivity contribution in [3.63, 3.8) is 0 Å². The van der Waals surface area contributed by atoms with Crippen molar-refractivity contribution in [1.29, 1.82) is 0 Å². The van der Waals surface area contributed by atoms with Gasteiger partial charge in [0.15, 0.2) is 0 Å². The van der Waals surface area contributed by atoms with Gasteiger partial charge in [-0.05, 0) is 32.8 Å². The molecule has 2 rings (SSSR count). The minimum absolute atomic E-state index is 0.410. The highest BCUT2D eigenvalue weighted by Crippen LogP contribution is 2.31. The summed E-state index contributed by atoms with van der Waals surface area (Å²) in [5.41, 5.74) is 1.90. The number of hydrogen-bond acceptors (Lipinski definition) is 0. The number of hydrogen-bond donors (Lipinski definition) is 0. The maximum atomic E-state index is 2.42. The lowest BCUT2D eigenvalue weighted by Gasteiger charge is -2.46. The van der Waals surface area contributed by atoms with Gasteiger partial charge in [-0.2, -0.15) is 0 Å². The second-order valence-corrected chi connectivity index (χ2v) is 6.78. The highest BCUT2D eigenvalue weighted by atomic mass is 15.4. The second kappa shape index (κ2) is 5.44. The van der Waals surface area contributed by atoms with E-state index < -0.39 is 0 Å². The lowest BCUT2D eigenvalue weighted by Crippen LogP contribution is -2.58. The Morgan fingerprint density at radius 2 is 1.61 bits per heavy atom. The molecule has 0 aliphatic carbocycles. The number of quaternary nitrogens is 1. The van der Waals surface area contributed by atoms with E-state index in [1.54, 1.807) is 0 Å². The van der Waals surface area contributed by atoms with E-state index in [9.17, 15) is 0 Å². The van der Waals surface area contributed by atoms with Crippen LogP contribution >= 0.6 is 0 Å². The van der Waals surface area contributed by atoms with E-state index in [0.717, 1.165) is 0 Å². The van der Waals surface area contributed by atoms with Gasteiger partial charge >= 0.3 is 0 Å². The van der Waals surface area contributed by atoms with Crippen molar-refractivity contribution < 1.29 is 4.48 Å². The number of nitrogens with zero attached hydrogens (tertiary/aromatic N) is 1. The van der Waals surface area contributed by atoms with Gasteiger partial charge in [-0.25, -0.2) is 0 Å². The van der Waals surface area contributed by atoms with Crippen molar-refractivity contribution in [2.75, 3.05) is 19.6 Å². The van der Waals surface area contributed by atoms with Crippen molar-refractivity contribution in [2.24, 2.45) is 0 Å². The zero-order chi connectivity index (χ0) is 13.1. The van der Waals surface area contributed by atoms with Crippen LogP contribution in [0, 0.1) is 0 Å². The third-order valence-corrected chi connectivity index (χ3v) is 4.74. The molecular weight excluding hydrogens is 218 g/mol. The van der Waals surface area contributed by atoms with Gasteiger partial charge in [0.2, 0.25) is 0 Å². The number of benzene rings is 1. The number of aryl methyl sites for hydroxylation is 1. The topological polar surface area (TPSA) is 0 Å². The van der Waals surface area contributed by atoms with Crippen LogP contribution in [0.4, 0.5) is 0 Å². The molecule has 0 amide bonds. The first-order valence-electron chi connectivity index (χ1n) is 7.44. The smallest absolute Gasteiger partial charge is 0.0907 e. The molecule has 0 saturated carbocycles. The largest absolute Gasteiger partial charge is 0.319 e. The normalized spacial score (nSPS) is 19.1. The first-order valence-corrected chi connectivity index (χ1v) is 7.44. The molecule has 1 aliphatic heterocycles. The average molecular weight is 246 g/mol. The van der Waals surface area contributed by atoms with Crippen LogP contribution in [-0.2, 0) is 6.42 Å². The Labute approximate surface area is 112 Å². The molecule has 18 heavy (non-hydrogen) atoms. The van der Waals surface area contributed by atoms with Gasteiger partial charge in [0, 0.05) is 19.3 Å². The zero-order valence-corrected chi connectivity index (χ0v) is 12.3. The highest BCUT2D eigenvalue weighted by Gasteiger charge is 2.41. The van der Waals surface area contributed by atoms with E-state index in [1.165, 1.54) is 55.4 Å². The van der Waals surface area contributed by atoms with Crippen molar-refractivity contribution >= 4 is 0 Å². The summed E-state index contributed by atoms with van der Waals surface area (Å²) in [5.74, 6) is 0. The van der Waals surface area contributed by atoms with Gasteiger partial charge in [0.25, 0.3) is 0 Å². The second-order valence-electron chi connectivity index (χ2n) is 6.78. The zero-order valence-electron chi connectivity index (χ0n) is 12.3. The first-order chi connectivity index (χ1) is 8.54. The number of likely N-dealkylation sites (tertiary alicyclic amines) is 1. The van der Waals surface area contributed by atoms with Crippen LogP contribution in [0.5, 0.6) is 0 Å². The fourth-order valence-corrected chi connectivity index (χ4v) is 3.40. The van der Waals surface area contributed by atoms with E-state index >= 15 is 0 Å². The Kier molecular flexibility index (Phi) is 4.11. The summed E-state index contributed by atoms with van der Waals surface area (Å²) in [4.78, 5) is 0.